The van der Waals surface area contributed by atoms with E-state index in [9.17, 15) is 18.4 Å². The van der Waals surface area contributed by atoms with Crippen molar-refractivity contribution < 1.29 is 18.4 Å². The number of anilines is 1. The van der Waals surface area contributed by atoms with Gasteiger partial charge in [0.05, 0.1) is 28.3 Å². The molecule has 30 heavy (non-hydrogen) atoms. The minimum atomic E-state index is -2.78. The Morgan fingerprint density at radius 1 is 1.27 bits per heavy atom. The van der Waals surface area contributed by atoms with Gasteiger partial charge in [0.1, 0.15) is 5.82 Å². The molecule has 0 aliphatic carbocycles. The van der Waals surface area contributed by atoms with Gasteiger partial charge in [-0.3, -0.25) is 14.2 Å². The number of carbonyl (C=O) groups is 2. The minimum Gasteiger partial charge on any atom is -0.334 e. The SMILES string of the molecule is CN(Cc1nc2ccccc2n1C(F)F)C(=O)c1ccc(Cl)c(N2CCCC2=O)c1. The monoisotopic (exact) mass is 432 g/mol. The molecule has 1 aliphatic rings. The molecule has 0 unspecified atom stereocenters. The van der Waals surface area contributed by atoms with Gasteiger partial charge in [0.2, 0.25) is 5.91 Å². The summed E-state index contributed by atoms with van der Waals surface area (Å²) >= 11 is 6.24. The lowest BCUT2D eigenvalue weighted by Gasteiger charge is -2.21. The van der Waals surface area contributed by atoms with Crippen molar-refractivity contribution in [2.24, 2.45) is 0 Å². The highest BCUT2D eigenvalue weighted by Gasteiger charge is 2.26. The molecule has 0 atom stereocenters. The standard InChI is InChI=1S/C21H19ClF2N4O2/c1-26(12-18-25-15-5-2-3-6-16(15)28(18)21(23)24)20(30)13-8-9-14(22)17(11-13)27-10-4-7-19(27)29/h2-3,5-6,8-9,11,21H,4,7,10,12H2,1H3. The van der Waals surface area contributed by atoms with E-state index in [0.717, 1.165) is 11.0 Å². The number of fused-ring (bicyclic) bond motifs is 1. The van der Waals surface area contributed by atoms with Gasteiger partial charge in [0.15, 0.2) is 0 Å². The van der Waals surface area contributed by atoms with Crippen LogP contribution in [0.2, 0.25) is 5.02 Å². The van der Waals surface area contributed by atoms with Crippen LogP contribution in [-0.2, 0) is 11.3 Å². The smallest absolute Gasteiger partial charge is 0.320 e. The third kappa shape index (κ3) is 3.63. The van der Waals surface area contributed by atoms with Crippen molar-refractivity contribution in [1.82, 2.24) is 14.5 Å². The molecule has 6 nitrogen and oxygen atoms in total. The fourth-order valence-electron chi connectivity index (χ4n) is 3.68. The number of aromatic nitrogens is 2. The molecule has 1 fully saturated rings. The zero-order valence-corrected chi connectivity index (χ0v) is 16.9. The Labute approximate surface area is 176 Å². The second-order valence-corrected chi connectivity index (χ2v) is 7.55. The van der Waals surface area contributed by atoms with Crippen molar-refractivity contribution in [2.45, 2.75) is 25.9 Å². The summed E-state index contributed by atoms with van der Waals surface area (Å²) in [7, 11) is 1.52. The molecule has 0 spiro atoms. The molecule has 156 valence electrons. The van der Waals surface area contributed by atoms with Crippen LogP contribution in [0, 0.1) is 0 Å². The number of benzene rings is 2. The van der Waals surface area contributed by atoms with E-state index >= 15 is 0 Å². The van der Waals surface area contributed by atoms with E-state index in [1.807, 2.05) is 0 Å². The number of nitrogens with zero attached hydrogens (tertiary/aromatic N) is 4. The van der Waals surface area contributed by atoms with Crippen molar-refractivity contribution in [3.05, 3.63) is 58.9 Å². The highest BCUT2D eigenvalue weighted by Crippen LogP contribution is 2.31. The van der Waals surface area contributed by atoms with Crippen molar-refractivity contribution in [3.63, 3.8) is 0 Å². The largest absolute Gasteiger partial charge is 0.334 e. The third-order valence-corrected chi connectivity index (χ3v) is 5.47. The second-order valence-electron chi connectivity index (χ2n) is 7.14. The molecule has 1 aliphatic heterocycles. The number of hydrogen-bond acceptors (Lipinski definition) is 3. The molecule has 1 saturated heterocycles. The summed E-state index contributed by atoms with van der Waals surface area (Å²) in [4.78, 5) is 32.2. The van der Waals surface area contributed by atoms with E-state index in [1.165, 1.54) is 11.9 Å². The third-order valence-electron chi connectivity index (χ3n) is 5.15. The molecule has 0 radical (unpaired) electrons. The van der Waals surface area contributed by atoms with Crippen LogP contribution in [0.5, 0.6) is 0 Å². The van der Waals surface area contributed by atoms with Gasteiger partial charge in [-0.25, -0.2) is 4.98 Å². The van der Waals surface area contributed by atoms with Crippen LogP contribution in [0.1, 0.15) is 35.6 Å². The summed E-state index contributed by atoms with van der Waals surface area (Å²) in [6, 6.07) is 11.3. The quantitative estimate of drug-likeness (QED) is 0.597. The van der Waals surface area contributed by atoms with Gasteiger partial charge in [0.25, 0.3) is 5.91 Å². The fraction of sp³-hybridized carbons (Fsp3) is 0.286. The number of imidazole rings is 1. The van der Waals surface area contributed by atoms with Crippen LogP contribution < -0.4 is 4.90 Å². The van der Waals surface area contributed by atoms with Crippen LogP contribution in [0.4, 0.5) is 14.5 Å². The predicted molar refractivity (Wildman–Crippen MR) is 110 cm³/mol. The first-order valence-electron chi connectivity index (χ1n) is 9.46. The number of amides is 2. The van der Waals surface area contributed by atoms with Crippen molar-refractivity contribution in [2.75, 3.05) is 18.5 Å². The molecule has 0 N–H and O–H groups in total. The van der Waals surface area contributed by atoms with Crippen LogP contribution in [0.15, 0.2) is 42.5 Å². The zero-order chi connectivity index (χ0) is 21.4. The maximum absolute atomic E-state index is 13.6. The highest BCUT2D eigenvalue weighted by atomic mass is 35.5. The maximum atomic E-state index is 13.6. The van der Waals surface area contributed by atoms with Gasteiger partial charge in [0, 0.05) is 25.6 Å². The molecule has 4 rings (SSSR count). The van der Waals surface area contributed by atoms with E-state index in [0.29, 0.717) is 40.3 Å². The number of para-hydroxylation sites is 2. The lowest BCUT2D eigenvalue weighted by molar-refractivity contribution is -0.117. The van der Waals surface area contributed by atoms with Crippen molar-refractivity contribution >= 4 is 40.1 Å². The number of alkyl halides is 2. The zero-order valence-electron chi connectivity index (χ0n) is 16.2. The van der Waals surface area contributed by atoms with Gasteiger partial charge in [-0.15, -0.1) is 0 Å². The molecule has 2 heterocycles. The summed E-state index contributed by atoms with van der Waals surface area (Å²) < 4.78 is 28.1. The van der Waals surface area contributed by atoms with Gasteiger partial charge in [-0.05, 0) is 36.8 Å². The van der Waals surface area contributed by atoms with Crippen LogP contribution in [0.25, 0.3) is 11.0 Å². The molecule has 0 saturated carbocycles. The summed E-state index contributed by atoms with van der Waals surface area (Å²) in [5.74, 6) is -0.334. The molecular formula is C21H19ClF2N4O2. The Bertz CT molecular complexity index is 1130. The lowest BCUT2D eigenvalue weighted by atomic mass is 10.1. The Kier molecular flexibility index (Phi) is 5.42. The van der Waals surface area contributed by atoms with Gasteiger partial charge in [-0.1, -0.05) is 23.7 Å². The lowest BCUT2D eigenvalue weighted by Crippen LogP contribution is -2.29. The average Bonchev–Trinajstić information content (AvgIpc) is 3.30. The summed E-state index contributed by atoms with van der Waals surface area (Å²) in [6.45, 7) is -2.33. The number of halogens is 3. The van der Waals surface area contributed by atoms with Gasteiger partial charge in [-0.2, -0.15) is 8.78 Å². The fourth-order valence-corrected chi connectivity index (χ4v) is 3.90. The Morgan fingerprint density at radius 3 is 2.73 bits per heavy atom. The Hall–Kier alpha value is -3.00. The molecular weight excluding hydrogens is 414 g/mol. The first kappa shape index (κ1) is 20.3. The first-order valence-corrected chi connectivity index (χ1v) is 9.84. The van der Waals surface area contributed by atoms with Crippen LogP contribution >= 0.6 is 11.6 Å². The molecule has 1 aromatic heterocycles. The van der Waals surface area contributed by atoms with Gasteiger partial charge < -0.3 is 9.80 Å². The number of carbonyl (C=O) groups excluding carboxylic acids is 2. The topological polar surface area (TPSA) is 58.4 Å². The van der Waals surface area contributed by atoms with Crippen LogP contribution in [0.3, 0.4) is 0 Å². The van der Waals surface area contributed by atoms with Crippen molar-refractivity contribution in [1.29, 1.82) is 0 Å². The molecule has 9 heteroatoms. The predicted octanol–water partition coefficient (Wildman–Crippen LogP) is 4.48. The van der Waals surface area contributed by atoms with E-state index in [-0.39, 0.29) is 24.2 Å². The molecule has 2 aromatic carbocycles. The van der Waals surface area contributed by atoms with Crippen molar-refractivity contribution in [3.8, 4) is 0 Å². The Balaban J connectivity index is 1.61. The molecule has 3 aromatic rings. The highest BCUT2D eigenvalue weighted by molar-refractivity contribution is 6.34. The normalized spacial score (nSPS) is 14.2. The maximum Gasteiger partial charge on any atom is 0.320 e. The first-order chi connectivity index (χ1) is 14.4. The number of hydrogen-bond donors (Lipinski definition) is 0. The van der Waals surface area contributed by atoms with E-state index in [2.05, 4.69) is 4.98 Å². The minimum absolute atomic E-state index is 0.0412. The van der Waals surface area contributed by atoms with E-state index in [4.69, 9.17) is 11.6 Å². The van der Waals surface area contributed by atoms with Crippen LogP contribution in [-0.4, -0.2) is 39.9 Å². The average molecular weight is 433 g/mol. The van der Waals surface area contributed by atoms with E-state index in [1.54, 1.807) is 47.4 Å². The molecule has 2 amide bonds. The second kappa shape index (κ2) is 8.02. The summed E-state index contributed by atoms with van der Waals surface area (Å²) in [5.41, 5.74) is 1.55. The Morgan fingerprint density at radius 2 is 2.03 bits per heavy atom. The molecule has 0 bridgehead atoms. The summed E-state index contributed by atoms with van der Waals surface area (Å²) in [5, 5.41) is 0.379. The number of rotatable bonds is 5. The van der Waals surface area contributed by atoms with Gasteiger partial charge >= 0.3 is 6.55 Å². The summed E-state index contributed by atoms with van der Waals surface area (Å²) in [6.07, 6.45) is 1.18. The van der Waals surface area contributed by atoms with E-state index < -0.39 is 6.55 Å².